The number of hydrogen-bond acceptors (Lipinski definition) is 3. The molecule has 1 fully saturated rings. The number of rotatable bonds is 5. The van der Waals surface area contributed by atoms with Gasteiger partial charge in [0.15, 0.2) is 0 Å². The van der Waals surface area contributed by atoms with E-state index in [0.717, 1.165) is 11.1 Å². The molecule has 2 aromatic carbocycles. The van der Waals surface area contributed by atoms with E-state index in [1.807, 2.05) is 31.2 Å². The summed E-state index contributed by atoms with van der Waals surface area (Å²) >= 11 is 0. The van der Waals surface area contributed by atoms with Gasteiger partial charge in [-0.3, -0.25) is 4.79 Å². The van der Waals surface area contributed by atoms with Crippen LogP contribution in [0.1, 0.15) is 24.0 Å². The number of amides is 1. The van der Waals surface area contributed by atoms with Crippen molar-refractivity contribution in [1.29, 1.82) is 0 Å². The molecule has 0 spiro atoms. The highest BCUT2D eigenvalue weighted by Gasteiger charge is 2.32. The Kier molecular flexibility index (Phi) is 5.92. The first-order valence-electron chi connectivity index (χ1n) is 8.94. The Morgan fingerprint density at radius 2 is 2.00 bits per heavy atom. The van der Waals surface area contributed by atoms with E-state index in [1.54, 1.807) is 6.07 Å². The third kappa shape index (κ3) is 4.93. The third-order valence-electron chi connectivity index (χ3n) is 4.84. The number of sulfonamides is 1. The molecule has 27 heavy (non-hydrogen) atoms. The Morgan fingerprint density at radius 3 is 2.74 bits per heavy atom. The van der Waals surface area contributed by atoms with Gasteiger partial charge >= 0.3 is 0 Å². The summed E-state index contributed by atoms with van der Waals surface area (Å²) in [4.78, 5) is 12.5. The second-order valence-corrected chi connectivity index (χ2v) is 8.85. The standard InChI is InChI=1S/C20H23FN2O3S/c1-15-6-2-3-7-17(15)14-27(25,26)23-11-5-8-16(13-23)20(24)22-19-10-4-9-18(21)12-19/h2-4,6-7,9-10,12,16H,5,8,11,13-14H2,1H3,(H,22,24)/t16-/m0/s1. The van der Waals surface area contributed by atoms with Gasteiger partial charge in [0.05, 0.1) is 11.7 Å². The third-order valence-corrected chi connectivity index (χ3v) is 6.63. The number of carbonyl (C=O) groups is 1. The normalized spacial score (nSPS) is 18.2. The Bertz CT molecular complexity index is 930. The lowest BCUT2D eigenvalue weighted by Crippen LogP contribution is -2.44. The molecule has 2 aromatic rings. The zero-order valence-electron chi connectivity index (χ0n) is 15.2. The quantitative estimate of drug-likeness (QED) is 0.852. The number of benzene rings is 2. The molecular formula is C20H23FN2O3S. The summed E-state index contributed by atoms with van der Waals surface area (Å²) in [7, 11) is -3.51. The van der Waals surface area contributed by atoms with Crippen LogP contribution >= 0.6 is 0 Å². The average Bonchev–Trinajstić information content (AvgIpc) is 2.64. The van der Waals surface area contributed by atoms with Crippen LogP contribution in [-0.2, 0) is 20.6 Å². The van der Waals surface area contributed by atoms with Crippen LogP contribution in [0.25, 0.3) is 0 Å². The van der Waals surface area contributed by atoms with Crippen LogP contribution in [0.2, 0.25) is 0 Å². The van der Waals surface area contributed by atoms with E-state index in [-0.39, 0.29) is 18.2 Å². The Labute approximate surface area is 159 Å². The van der Waals surface area contributed by atoms with Crippen molar-refractivity contribution in [3.05, 3.63) is 65.5 Å². The fourth-order valence-corrected chi connectivity index (χ4v) is 4.99. The van der Waals surface area contributed by atoms with Crippen LogP contribution in [0, 0.1) is 18.7 Å². The predicted octanol–water partition coefficient (Wildman–Crippen LogP) is 3.31. The molecule has 0 bridgehead atoms. The molecule has 1 atom stereocenters. The monoisotopic (exact) mass is 390 g/mol. The maximum absolute atomic E-state index is 13.3. The number of carbonyl (C=O) groups excluding carboxylic acids is 1. The fourth-order valence-electron chi connectivity index (χ4n) is 3.28. The Hall–Kier alpha value is -2.25. The largest absolute Gasteiger partial charge is 0.326 e. The van der Waals surface area contributed by atoms with Gasteiger partial charge in [-0.2, -0.15) is 0 Å². The molecule has 1 N–H and O–H groups in total. The molecule has 0 aliphatic carbocycles. The molecule has 7 heteroatoms. The number of nitrogens with zero attached hydrogens (tertiary/aromatic N) is 1. The van der Waals surface area contributed by atoms with Gasteiger partial charge in [-0.25, -0.2) is 17.1 Å². The lowest BCUT2D eigenvalue weighted by Gasteiger charge is -2.31. The molecular weight excluding hydrogens is 367 g/mol. The summed E-state index contributed by atoms with van der Waals surface area (Å²) in [6.45, 7) is 2.45. The number of hydrogen-bond donors (Lipinski definition) is 1. The first-order valence-corrected chi connectivity index (χ1v) is 10.5. The van der Waals surface area contributed by atoms with Gasteiger partial charge in [0, 0.05) is 18.8 Å². The first-order chi connectivity index (χ1) is 12.8. The van der Waals surface area contributed by atoms with Crippen LogP contribution in [-0.4, -0.2) is 31.7 Å². The highest BCUT2D eigenvalue weighted by molar-refractivity contribution is 7.88. The Morgan fingerprint density at radius 1 is 1.22 bits per heavy atom. The molecule has 5 nitrogen and oxygen atoms in total. The highest BCUT2D eigenvalue weighted by Crippen LogP contribution is 2.23. The molecule has 1 aliphatic rings. The van der Waals surface area contributed by atoms with Crippen molar-refractivity contribution in [2.75, 3.05) is 18.4 Å². The first kappa shape index (κ1) is 19.5. The smallest absolute Gasteiger partial charge is 0.228 e. The van der Waals surface area contributed by atoms with E-state index in [4.69, 9.17) is 0 Å². The van der Waals surface area contributed by atoms with Crippen molar-refractivity contribution in [2.45, 2.75) is 25.5 Å². The van der Waals surface area contributed by atoms with Gasteiger partial charge in [-0.1, -0.05) is 30.3 Å². The summed E-state index contributed by atoms with van der Waals surface area (Å²) in [6, 6.07) is 13.1. The van der Waals surface area contributed by atoms with Crippen LogP contribution in [0.15, 0.2) is 48.5 Å². The lowest BCUT2D eigenvalue weighted by atomic mass is 9.99. The summed E-state index contributed by atoms with van der Waals surface area (Å²) in [5.41, 5.74) is 2.07. The predicted molar refractivity (Wildman–Crippen MR) is 103 cm³/mol. The van der Waals surface area contributed by atoms with Crippen LogP contribution in [0.3, 0.4) is 0 Å². The summed E-state index contributed by atoms with van der Waals surface area (Å²) in [5.74, 6) is -1.23. The molecule has 3 rings (SSSR count). The minimum absolute atomic E-state index is 0.0715. The van der Waals surface area contributed by atoms with Gasteiger partial charge in [-0.15, -0.1) is 0 Å². The molecule has 1 aliphatic heterocycles. The molecule has 1 saturated heterocycles. The molecule has 1 heterocycles. The second-order valence-electron chi connectivity index (χ2n) is 6.88. The van der Waals surface area contributed by atoms with Crippen LogP contribution in [0.4, 0.5) is 10.1 Å². The van der Waals surface area contributed by atoms with Crippen molar-refractivity contribution in [3.8, 4) is 0 Å². The van der Waals surface area contributed by atoms with Gasteiger partial charge in [0.2, 0.25) is 15.9 Å². The van der Waals surface area contributed by atoms with Gasteiger partial charge < -0.3 is 5.32 Å². The van der Waals surface area contributed by atoms with Crippen molar-refractivity contribution in [1.82, 2.24) is 4.31 Å². The molecule has 0 aromatic heterocycles. The number of piperidine rings is 1. The maximum Gasteiger partial charge on any atom is 0.228 e. The SMILES string of the molecule is Cc1ccccc1CS(=O)(=O)N1CCC[C@H](C(=O)Nc2cccc(F)c2)C1. The summed E-state index contributed by atoms with van der Waals surface area (Å²) in [6.07, 6.45) is 1.23. The van der Waals surface area contributed by atoms with E-state index in [9.17, 15) is 17.6 Å². The summed E-state index contributed by atoms with van der Waals surface area (Å²) < 4.78 is 40.3. The van der Waals surface area contributed by atoms with E-state index >= 15 is 0 Å². The van der Waals surface area contributed by atoms with Crippen LogP contribution in [0.5, 0.6) is 0 Å². The average molecular weight is 390 g/mol. The molecule has 144 valence electrons. The molecule has 0 saturated carbocycles. The highest BCUT2D eigenvalue weighted by atomic mass is 32.2. The molecule has 0 unspecified atom stereocenters. The lowest BCUT2D eigenvalue weighted by molar-refractivity contribution is -0.120. The van der Waals surface area contributed by atoms with Crippen LogP contribution < -0.4 is 5.32 Å². The maximum atomic E-state index is 13.3. The number of nitrogens with one attached hydrogen (secondary N) is 1. The van der Waals surface area contributed by atoms with Crippen molar-refractivity contribution >= 4 is 21.6 Å². The van der Waals surface area contributed by atoms with E-state index in [1.165, 1.54) is 22.5 Å². The zero-order valence-corrected chi connectivity index (χ0v) is 16.0. The topological polar surface area (TPSA) is 66.5 Å². The minimum atomic E-state index is -3.51. The fraction of sp³-hybridized carbons (Fsp3) is 0.350. The van der Waals surface area contributed by atoms with Crippen molar-refractivity contribution < 1.29 is 17.6 Å². The molecule has 1 amide bonds. The number of aryl methyl sites for hydroxylation is 1. The second kappa shape index (κ2) is 8.19. The van der Waals surface area contributed by atoms with Crippen molar-refractivity contribution in [3.63, 3.8) is 0 Å². The summed E-state index contributed by atoms with van der Waals surface area (Å²) in [5, 5.41) is 2.68. The van der Waals surface area contributed by atoms with E-state index < -0.39 is 21.8 Å². The van der Waals surface area contributed by atoms with Gasteiger partial charge in [0.1, 0.15) is 5.82 Å². The minimum Gasteiger partial charge on any atom is -0.326 e. The zero-order chi connectivity index (χ0) is 19.4. The van der Waals surface area contributed by atoms with Gasteiger partial charge in [-0.05, 0) is 49.1 Å². The molecule has 0 radical (unpaired) electrons. The van der Waals surface area contributed by atoms with E-state index in [0.29, 0.717) is 25.1 Å². The van der Waals surface area contributed by atoms with Gasteiger partial charge in [0.25, 0.3) is 0 Å². The Balaban J connectivity index is 1.68. The number of halogens is 1. The number of anilines is 1. The van der Waals surface area contributed by atoms with Crippen molar-refractivity contribution in [2.24, 2.45) is 5.92 Å². The van der Waals surface area contributed by atoms with E-state index in [2.05, 4.69) is 5.32 Å².